The van der Waals surface area contributed by atoms with E-state index < -0.39 is 0 Å². The van der Waals surface area contributed by atoms with E-state index in [4.69, 9.17) is 19.4 Å². The van der Waals surface area contributed by atoms with Crippen molar-refractivity contribution in [3.63, 3.8) is 0 Å². The summed E-state index contributed by atoms with van der Waals surface area (Å²) in [5, 5.41) is 16.4. The Morgan fingerprint density at radius 1 is 0.227 bits per heavy atom. The highest BCUT2D eigenvalue weighted by atomic mass is 32.1. The molecule has 23 aromatic rings. The summed E-state index contributed by atoms with van der Waals surface area (Å²) in [5.41, 5.74) is 24.4. The third kappa shape index (κ3) is 10.5. The Morgan fingerprint density at radius 3 is 1.08 bits per heavy atom. The summed E-state index contributed by atoms with van der Waals surface area (Å²) in [6.07, 6.45) is 0. The van der Waals surface area contributed by atoms with E-state index in [9.17, 15) is 0 Å². The van der Waals surface area contributed by atoms with Crippen LogP contribution in [0.1, 0.15) is 25.0 Å². The molecule has 0 amide bonds. The van der Waals surface area contributed by atoms with Gasteiger partial charge in [-0.2, -0.15) is 0 Å². The minimum atomic E-state index is 0.0219. The van der Waals surface area contributed by atoms with Gasteiger partial charge in [-0.25, -0.2) is 15.0 Å². The molecule has 0 radical (unpaired) electrons. The van der Waals surface area contributed by atoms with E-state index in [2.05, 4.69) is 347 Å². The van der Waals surface area contributed by atoms with Crippen molar-refractivity contribution in [1.82, 2.24) is 15.0 Å². The molecule has 8 heteroatoms. The lowest BCUT2D eigenvalue weighted by atomic mass is 9.82. The van der Waals surface area contributed by atoms with E-state index in [0.717, 1.165) is 72.3 Å². The monoisotopic (exact) mass is 1470 g/mol. The summed E-state index contributed by atoms with van der Waals surface area (Å²) >= 11 is 7.38. The molecule has 0 aliphatic heterocycles. The number of rotatable bonds is 6. The number of aromatic nitrogens is 3. The van der Waals surface area contributed by atoms with Gasteiger partial charge in [0.1, 0.15) is 11.2 Å². The van der Waals surface area contributed by atoms with Crippen molar-refractivity contribution in [3.8, 4) is 78.3 Å². The van der Waals surface area contributed by atoms with Crippen molar-refractivity contribution in [2.75, 3.05) is 0 Å². The Balaban J connectivity index is 0.000000102. The minimum absolute atomic E-state index is 0.0219. The molecule has 516 valence electrons. The number of hydrogen-bond donors (Lipinski definition) is 0. The van der Waals surface area contributed by atoms with Crippen molar-refractivity contribution in [3.05, 3.63) is 357 Å². The van der Waals surface area contributed by atoms with Gasteiger partial charge < -0.3 is 4.42 Å². The number of nitrogens with zero attached hydrogens (tertiary/aromatic N) is 3. The van der Waals surface area contributed by atoms with Crippen LogP contribution < -0.4 is 0 Å². The van der Waals surface area contributed by atoms with E-state index in [-0.39, 0.29) is 5.41 Å². The number of fused-ring (bicyclic) bond motifs is 24. The van der Waals surface area contributed by atoms with Crippen LogP contribution in [0.2, 0.25) is 0 Å². The van der Waals surface area contributed by atoms with E-state index in [1.165, 1.54) is 152 Å². The van der Waals surface area contributed by atoms with Gasteiger partial charge in [0.05, 0.1) is 47.7 Å². The molecule has 0 saturated carbocycles. The fourth-order valence-corrected chi connectivity index (χ4v) is 21.9. The Labute approximate surface area is 649 Å². The Hall–Kier alpha value is -12.8. The summed E-state index contributed by atoms with van der Waals surface area (Å²) < 4.78 is 16.4. The maximum absolute atomic E-state index is 6.05. The van der Waals surface area contributed by atoms with Gasteiger partial charge in [0, 0.05) is 116 Å². The van der Waals surface area contributed by atoms with E-state index >= 15 is 0 Å². The summed E-state index contributed by atoms with van der Waals surface area (Å²) in [7, 11) is 0. The van der Waals surface area contributed by atoms with Gasteiger partial charge in [0.25, 0.3) is 0 Å². The number of benzene rings is 15. The first-order valence-corrected chi connectivity index (χ1v) is 40.5. The van der Waals surface area contributed by atoms with Crippen molar-refractivity contribution in [2.45, 2.75) is 19.3 Å². The molecular formula is C102H63N3OS4. The molecule has 24 rings (SSSR count). The molecule has 8 heterocycles. The highest BCUT2D eigenvalue weighted by Gasteiger charge is 2.35. The number of furan rings is 1. The smallest absolute Gasteiger partial charge is 0.135 e. The van der Waals surface area contributed by atoms with Gasteiger partial charge in [-0.05, 0) is 153 Å². The fraction of sp³-hybridized carbons (Fsp3) is 0.0294. The average Bonchev–Trinajstić information content (AvgIpc) is 1.54. The van der Waals surface area contributed by atoms with Crippen LogP contribution in [-0.4, -0.2) is 15.0 Å². The highest BCUT2D eigenvalue weighted by molar-refractivity contribution is 7.27. The zero-order valence-corrected chi connectivity index (χ0v) is 63.1. The summed E-state index contributed by atoms with van der Waals surface area (Å²) in [4.78, 5) is 15.6. The first-order valence-electron chi connectivity index (χ1n) is 37.3. The van der Waals surface area contributed by atoms with Crippen LogP contribution in [0.15, 0.2) is 350 Å². The lowest BCUT2D eigenvalue weighted by molar-refractivity contribution is 0.660. The van der Waals surface area contributed by atoms with Crippen LogP contribution in [-0.2, 0) is 5.41 Å². The molecule has 0 spiro atoms. The highest BCUT2D eigenvalue weighted by Crippen LogP contribution is 2.52. The average molecular weight is 1470 g/mol. The molecule has 15 aromatic carbocycles. The standard InChI is InChI=1S/C36H25NS.C33H19NOS.C33H19NS2/c1-36(2)29-15-6-3-12-25(29)28-21-23(18-19-30(28)36)22-10-9-11-24(20-22)34-35-33(26-13-4-7-16-31(26)37-34)27-14-5-8-17-32(27)38-35;1-4-13-27-24(11-1)31-25-12-3-6-15-30(25)36-33(31)32(34-27)22-9-7-8-20(18-22)21-16-17-29-26(19-21)23-10-2-5-14-28(23)35-29;1-4-13-27-24(11-1)31-25-12-3-6-15-29(25)36-33(31)32(34-27)22-9-7-8-20(18-22)21-16-17-30-26(19-21)23-10-2-5-14-28(23)35-30/h3-21H,1-2H3;2*1-19H. The van der Waals surface area contributed by atoms with Gasteiger partial charge in [-0.15, -0.1) is 45.3 Å². The summed E-state index contributed by atoms with van der Waals surface area (Å²) in [6.45, 7) is 4.67. The van der Waals surface area contributed by atoms with Gasteiger partial charge in [0.2, 0.25) is 0 Å². The van der Waals surface area contributed by atoms with Crippen LogP contribution in [0.25, 0.3) is 214 Å². The van der Waals surface area contributed by atoms with E-state index in [1.807, 2.05) is 57.5 Å². The molecular weight excluding hydrogens is 1410 g/mol. The lowest BCUT2D eigenvalue weighted by Gasteiger charge is -2.21. The van der Waals surface area contributed by atoms with Crippen LogP contribution in [0.3, 0.4) is 0 Å². The van der Waals surface area contributed by atoms with Gasteiger partial charge in [-0.3, -0.25) is 0 Å². The van der Waals surface area contributed by atoms with Crippen LogP contribution in [0, 0.1) is 0 Å². The molecule has 0 N–H and O–H groups in total. The van der Waals surface area contributed by atoms with Gasteiger partial charge in [0.15, 0.2) is 0 Å². The maximum atomic E-state index is 6.05. The fourth-order valence-electron chi connectivity index (χ4n) is 17.1. The molecule has 0 atom stereocenters. The first kappa shape index (κ1) is 64.4. The number of pyridine rings is 3. The van der Waals surface area contributed by atoms with Crippen LogP contribution in [0.4, 0.5) is 0 Å². The van der Waals surface area contributed by atoms with E-state index in [0.29, 0.717) is 0 Å². The molecule has 0 saturated heterocycles. The van der Waals surface area contributed by atoms with Crippen molar-refractivity contribution in [1.29, 1.82) is 0 Å². The van der Waals surface area contributed by atoms with Gasteiger partial charge >= 0.3 is 0 Å². The molecule has 1 aliphatic rings. The van der Waals surface area contributed by atoms with Crippen LogP contribution in [0.5, 0.6) is 0 Å². The predicted octanol–water partition coefficient (Wildman–Crippen LogP) is 30.4. The van der Waals surface area contributed by atoms with Crippen LogP contribution >= 0.6 is 45.3 Å². The second-order valence-electron chi connectivity index (χ2n) is 29.1. The molecule has 8 aromatic heterocycles. The number of thiophene rings is 4. The lowest BCUT2D eigenvalue weighted by Crippen LogP contribution is -2.14. The third-order valence-corrected chi connectivity index (χ3v) is 27.1. The topological polar surface area (TPSA) is 51.8 Å². The van der Waals surface area contributed by atoms with Crippen molar-refractivity contribution >= 4 is 181 Å². The number of para-hydroxylation sites is 4. The second kappa shape index (κ2) is 25.7. The molecule has 0 unspecified atom stereocenters. The van der Waals surface area contributed by atoms with Crippen molar-refractivity contribution in [2.24, 2.45) is 0 Å². The zero-order valence-electron chi connectivity index (χ0n) is 59.8. The normalized spacial score (nSPS) is 12.5. The Bertz CT molecular complexity index is 7430. The summed E-state index contributed by atoms with van der Waals surface area (Å²) in [5.74, 6) is 0. The molecule has 0 bridgehead atoms. The Kier molecular flexibility index (Phi) is 15.0. The quantitative estimate of drug-likeness (QED) is 0.166. The van der Waals surface area contributed by atoms with Gasteiger partial charge in [-0.1, -0.05) is 263 Å². The molecule has 110 heavy (non-hydrogen) atoms. The van der Waals surface area contributed by atoms with Crippen molar-refractivity contribution < 1.29 is 4.42 Å². The summed E-state index contributed by atoms with van der Waals surface area (Å²) in [6, 6.07) is 124. The molecule has 0 fully saturated rings. The molecule has 1 aliphatic carbocycles. The first-order chi connectivity index (χ1) is 54.3. The predicted molar refractivity (Wildman–Crippen MR) is 474 cm³/mol. The second-order valence-corrected chi connectivity index (χ2v) is 33.4. The zero-order chi connectivity index (χ0) is 72.7. The minimum Gasteiger partial charge on any atom is -0.456 e. The number of hydrogen-bond acceptors (Lipinski definition) is 8. The van der Waals surface area contributed by atoms with E-state index in [1.54, 1.807) is 0 Å². The SMILES string of the molecule is CC1(C)c2ccccc2-c2cc(-c3cccc(-c4nc5ccccc5c5c4sc4ccccc45)c3)ccc21.c1cc(-c2ccc3oc4ccccc4c3c2)cc(-c2nc3ccccc3c3c2sc2ccccc23)c1.c1cc(-c2ccc3sc4ccccc4c3c2)cc(-c2nc3ccccc3c3c2sc2ccccc23)c1. The maximum Gasteiger partial charge on any atom is 0.135 e. The third-order valence-electron chi connectivity index (χ3n) is 22.4. The Morgan fingerprint density at radius 2 is 0.573 bits per heavy atom. The molecule has 4 nitrogen and oxygen atoms in total. The largest absolute Gasteiger partial charge is 0.456 e.